The van der Waals surface area contributed by atoms with Crippen LogP contribution in [0.3, 0.4) is 0 Å². The van der Waals surface area contributed by atoms with Gasteiger partial charge >= 0.3 is 0 Å². The first-order valence-electron chi connectivity index (χ1n) is 12.3. The second-order valence-electron chi connectivity index (χ2n) is 10.5. The van der Waals surface area contributed by atoms with Gasteiger partial charge in [-0.2, -0.15) is 0 Å². The molecule has 1 unspecified atom stereocenters. The normalized spacial score (nSPS) is 22.6. The van der Waals surface area contributed by atoms with Gasteiger partial charge in [-0.05, 0) is 75.4 Å². The molecule has 1 aliphatic carbocycles. The number of ether oxygens (including phenoxy) is 2. The van der Waals surface area contributed by atoms with Gasteiger partial charge in [0.1, 0.15) is 11.5 Å². The molecule has 1 saturated heterocycles. The molecule has 1 fully saturated rings. The molecule has 0 aromatic heterocycles. The smallest absolute Gasteiger partial charge is 0.225 e. The second kappa shape index (κ2) is 11.4. The first-order chi connectivity index (χ1) is 15.6. The molecule has 5 heteroatoms. The van der Waals surface area contributed by atoms with Crippen molar-refractivity contribution in [2.45, 2.75) is 85.2 Å². The second-order valence-corrected chi connectivity index (χ2v) is 12.0. The van der Waals surface area contributed by atoms with Crippen molar-refractivity contribution < 1.29 is 14.6 Å². The first kappa shape index (κ1) is 26.3. The number of aryl methyl sites for hydroxylation is 1. The molecule has 1 aromatic rings. The van der Waals surface area contributed by atoms with Crippen molar-refractivity contribution in [2.24, 2.45) is 11.3 Å². The fourth-order valence-electron chi connectivity index (χ4n) is 4.67. The number of thioether (sulfide) groups is 1. The number of allylic oxidation sites excluding steroid dienone is 3. The maximum atomic E-state index is 11.2. The van der Waals surface area contributed by atoms with Crippen molar-refractivity contribution in [1.82, 2.24) is 0 Å². The lowest BCUT2D eigenvalue weighted by Crippen LogP contribution is -2.23. The van der Waals surface area contributed by atoms with Gasteiger partial charge in [0, 0.05) is 22.6 Å². The highest BCUT2D eigenvalue weighted by molar-refractivity contribution is 8.22. The van der Waals surface area contributed by atoms with Gasteiger partial charge in [0.05, 0.1) is 12.7 Å². The maximum absolute atomic E-state index is 11.2. The average Bonchev–Trinajstić information content (AvgIpc) is 3.58. The van der Waals surface area contributed by atoms with E-state index in [0.717, 1.165) is 54.7 Å². The van der Waals surface area contributed by atoms with Crippen LogP contribution in [0.1, 0.15) is 83.8 Å². The average molecular weight is 489 g/mol. The predicted molar refractivity (Wildman–Crippen MR) is 145 cm³/mol. The van der Waals surface area contributed by atoms with Gasteiger partial charge < -0.3 is 14.6 Å². The van der Waals surface area contributed by atoms with Crippen molar-refractivity contribution in [2.75, 3.05) is 12.4 Å². The molecule has 1 N–H and O–H groups in total. The Morgan fingerprint density at radius 2 is 2.06 bits per heavy atom. The lowest BCUT2D eigenvalue weighted by Gasteiger charge is -2.32. The Balaban J connectivity index is 1.89. The lowest BCUT2D eigenvalue weighted by molar-refractivity contribution is 0.271. The van der Waals surface area contributed by atoms with Gasteiger partial charge in [-0.1, -0.05) is 69.2 Å². The number of phenols is 1. The van der Waals surface area contributed by atoms with E-state index in [1.165, 1.54) is 18.4 Å². The van der Waals surface area contributed by atoms with Gasteiger partial charge in [0.2, 0.25) is 4.38 Å². The van der Waals surface area contributed by atoms with E-state index in [2.05, 4.69) is 53.3 Å². The number of rotatable bonds is 10. The van der Waals surface area contributed by atoms with Gasteiger partial charge in [0.25, 0.3) is 0 Å². The Morgan fingerprint density at radius 1 is 1.33 bits per heavy atom. The van der Waals surface area contributed by atoms with Crippen LogP contribution in [0.5, 0.6) is 11.5 Å². The summed E-state index contributed by atoms with van der Waals surface area (Å²) >= 11 is 7.21. The number of epoxide rings is 1. The summed E-state index contributed by atoms with van der Waals surface area (Å²) in [5.74, 6) is 2.16. The number of thiocarbonyl (C=S) groups is 1. The fraction of sp³-hybridized carbons (Fsp3) is 0.607. The monoisotopic (exact) mass is 488 g/mol. The minimum Gasteiger partial charge on any atom is -0.507 e. The SMILES string of the molecule is C=C(C)[C@@H]1CCC(C)=C[C@H]1c1c(O)cc(CCCCC)cc1OC(=S)SCC(C)(C)C1CO1. The van der Waals surface area contributed by atoms with Gasteiger partial charge in [0.15, 0.2) is 0 Å². The summed E-state index contributed by atoms with van der Waals surface area (Å²) in [4.78, 5) is 0. The lowest BCUT2D eigenvalue weighted by atomic mass is 9.73. The topological polar surface area (TPSA) is 42.0 Å². The third-order valence-electron chi connectivity index (χ3n) is 6.92. The zero-order valence-electron chi connectivity index (χ0n) is 20.9. The van der Waals surface area contributed by atoms with E-state index in [1.807, 2.05) is 6.07 Å². The van der Waals surface area contributed by atoms with Crippen molar-refractivity contribution in [1.29, 1.82) is 0 Å². The van der Waals surface area contributed by atoms with Crippen LogP contribution < -0.4 is 4.74 Å². The number of phenolic OH excluding ortho intramolecular Hbond substituents is 1. The molecule has 0 spiro atoms. The van der Waals surface area contributed by atoms with E-state index >= 15 is 0 Å². The Hall–Kier alpha value is -1.30. The molecule has 0 bridgehead atoms. The maximum Gasteiger partial charge on any atom is 0.225 e. The van der Waals surface area contributed by atoms with Crippen molar-refractivity contribution in [3.63, 3.8) is 0 Å². The quantitative estimate of drug-likeness (QED) is 0.157. The van der Waals surface area contributed by atoms with Crippen molar-refractivity contribution in [3.8, 4) is 11.5 Å². The van der Waals surface area contributed by atoms with Crippen LogP contribution >= 0.6 is 24.0 Å². The number of unbranched alkanes of at least 4 members (excludes halogenated alkanes) is 2. The van der Waals surface area contributed by atoms with Gasteiger partial charge in [-0.15, -0.1) is 0 Å². The molecule has 0 radical (unpaired) electrons. The summed E-state index contributed by atoms with van der Waals surface area (Å²) in [7, 11) is 0. The van der Waals surface area contributed by atoms with E-state index in [4.69, 9.17) is 21.7 Å². The van der Waals surface area contributed by atoms with Gasteiger partial charge in [-0.3, -0.25) is 0 Å². The van der Waals surface area contributed by atoms with E-state index in [1.54, 1.807) is 11.8 Å². The first-order valence-corrected chi connectivity index (χ1v) is 13.7. The fourth-order valence-corrected chi connectivity index (χ4v) is 5.76. The van der Waals surface area contributed by atoms with Crippen LogP contribution in [0.2, 0.25) is 0 Å². The summed E-state index contributed by atoms with van der Waals surface area (Å²) < 4.78 is 12.3. The Morgan fingerprint density at radius 3 is 2.70 bits per heavy atom. The zero-order chi connectivity index (χ0) is 24.2. The summed E-state index contributed by atoms with van der Waals surface area (Å²) in [6.45, 7) is 16.0. The third-order valence-corrected chi connectivity index (χ3v) is 8.57. The molecule has 3 atom stereocenters. The van der Waals surface area contributed by atoms with E-state index in [9.17, 15) is 5.11 Å². The Bertz CT molecular complexity index is 899. The molecule has 0 saturated carbocycles. The van der Waals surface area contributed by atoms with Crippen LogP contribution in [0.15, 0.2) is 35.9 Å². The van der Waals surface area contributed by atoms with E-state index in [-0.39, 0.29) is 17.3 Å². The predicted octanol–water partition coefficient (Wildman–Crippen LogP) is 7.96. The minimum atomic E-state index is 0.0417. The zero-order valence-corrected chi connectivity index (χ0v) is 22.5. The minimum absolute atomic E-state index is 0.0417. The van der Waals surface area contributed by atoms with Crippen LogP contribution in [-0.2, 0) is 11.2 Å². The Labute approximate surface area is 210 Å². The van der Waals surface area contributed by atoms with E-state index in [0.29, 0.717) is 22.0 Å². The molecule has 1 aromatic carbocycles. The number of aromatic hydroxyl groups is 1. The van der Waals surface area contributed by atoms with Gasteiger partial charge in [-0.25, -0.2) is 0 Å². The number of hydrogen-bond acceptors (Lipinski definition) is 5. The molecular weight excluding hydrogens is 448 g/mol. The molecule has 1 aliphatic heterocycles. The highest BCUT2D eigenvalue weighted by atomic mass is 32.2. The van der Waals surface area contributed by atoms with Crippen LogP contribution in [0.4, 0.5) is 0 Å². The molecule has 33 heavy (non-hydrogen) atoms. The van der Waals surface area contributed by atoms with Crippen LogP contribution in [-0.4, -0.2) is 28.0 Å². The third kappa shape index (κ3) is 7.10. The summed E-state index contributed by atoms with van der Waals surface area (Å²) in [5, 5.41) is 11.2. The molecule has 0 amide bonds. The highest BCUT2D eigenvalue weighted by Crippen LogP contribution is 2.47. The summed E-state index contributed by atoms with van der Waals surface area (Å²) in [5.41, 5.74) is 4.48. The summed E-state index contributed by atoms with van der Waals surface area (Å²) in [6.07, 6.45) is 9.05. The molecule has 1 heterocycles. The molecule has 182 valence electrons. The molecule has 2 aliphatic rings. The van der Waals surface area contributed by atoms with Crippen LogP contribution in [0, 0.1) is 11.3 Å². The standard InChI is InChI=1S/C28H40O3S2/c1-7-8-9-10-20-14-23(29)26(22-13-19(4)11-12-21(22)18(2)3)24(15-20)31-27(32)33-17-28(5,6)25-16-30-25/h13-15,21-22,25,29H,2,7-12,16-17H2,1,3-6H3/t21-,22+,25?/m0/s1. The molecular formula is C28H40O3S2. The van der Waals surface area contributed by atoms with Crippen LogP contribution in [0.25, 0.3) is 0 Å². The molecule has 3 rings (SSSR count). The van der Waals surface area contributed by atoms with Crippen molar-refractivity contribution in [3.05, 3.63) is 47.1 Å². The largest absolute Gasteiger partial charge is 0.507 e. The Kier molecular flexibility index (Phi) is 9.10. The molecule has 3 nitrogen and oxygen atoms in total. The van der Waals surface area contributed by atoms with E-state index < -0.39 is 0 Å². The number of hydrogen-bond donors (Lipinski definition) is 1. The summed E-state index contributed by atoms with van der Waals surface area (Å²) in [6, 6.07) is 4.02. The highest BCUT2D eigenvalue weighted by Gasteiger charge is 2.39. The number of benzene rings is 1. The van der Waals surface area contributed by atoms with Crippen molar-refractivity contribution >= 4 is 28.4 Å².